The Labute approximate surface area is 199 Å². The summed E-state index contributed by atoms with van der Waals surface area (Å²) >= 11 is 0. The average molecular weight is 475 g/mol. The molecule has 3 fully saturated rings. The molecule has 0 saturated heterocycles. The van der Waals surface area contributed by atoms with Crippen molar-refractivity contribution in [3.8, 4) is 0 Å². The number of hydrogen-bond donors (Lipinski definition) is 2. The zero-order chi connectivity index (χ0) is 25.1. The van der Waals surface area contributed by atoms with Crippen molar-refractivity contribution in [1.29, 1.82) is 0 Å². The van der Waals surface area contributed by atoms with E-state index in [1.165, 1.54) is 6.92 Å². The average Bonchev–Trinajstić information content (AvgIpc) is 2.78. The number of fused-ring (bicyclic) bond motifs is 2. The molecule has 34 heavy (non-hydrogen) atoms. The number of rotatable bonds is 9. The maximum absolute atomic E-state index is 12.9. The number of nitrogens with one attached hydrogen (secondary N) is 1. The summed E-state index contributed by atoms with van der Waals surface area (Å²) < 4.78 is 15.8. The first kappa shape index (κ1) is 25.5. The Bertz CT molecular complexity index is 932. The van der Waals surface area contributed by atoms with Crippen LogP contribution in [0.3, 0.4) is 0 Å². The fourth-order valence-electron chi connectivity index (χ4n) is 5.29. The number of benzene rings is 1. The Morgan fingerprint density at radius 2 is 1.79 bits per heavy atom. The van der Waals surface area contributed by atoms with Gasteiger partial charge in [-0.2, -0.15) is 0 Å². The highest BCUT2D eigenvalue weighted by Gasteiger charge is 2.58. The number of amides is 2. The van der Waals surface area contributed by atoms with Crippen molar-refractivity contribution in [2.75, 3.05) is 6.61 Å². The summed E-state index contributed by atoms with van der Waals surface area (Å²) in [5.41, 5.74) is 3.97. The van der Waals surface area contributed by atoms with Crippen LogP contribution in [0.15, 0.2) is 30.3 Å². The minimum absolute atomic E-state index is 0.0816. The summed E-state index contributed by atoms with van der Waals surface area (Å²) in [6, 6.07) is 8.85. The molecule has 186 valence electrons. The lowest BCUT2D eigenvalue weighted by molar-refractivity contribution is -0.188. The van der Waals surface area contributed by atoms with Gasteiger partial charge in [0.1, 0.15) is 12.7 Å². The van der Waals surface area contributed by atoms with Crippen molar-refractivity contribution in [3.63, 3.8) is 0 Å². The van der Waals surface area contributed by atoms with Gasteiger partial charge in [0.15, 0.2) is 0 Å². The fraction of sp³-hybridized carbons (Fsp3) is 0.600. The fourth-order valence-corrected chi connectivity index (χ4v) is 5.29. The Kier molecular flexibility index (Phi) is 7.53. The number of nitrogens with two attached hydrogens (primary N) is 1. The second-order valence-electron chi connectivity index (χ2n) is 9.84. The molecule has 1 aromatic rings. The van der Waals surface area contributed by atoms with E-state index in [1.807, 2.05) is 13.0 Å². The summed E-state index contributed by atoms with van der Waals surface area (Å²) in [5.74, 6) is -2.17. The van der Waals surface area contributed by atoms with Gasteiger partial charge in [0.25, 0.3) is 5.91 Å². The van der Waals surface area contributed by atoms with Crippen LogP contribution in [-0.2, 0) is 35.2 Å². The molecule has 3 N–H and O–H groups in total. The molecule has 3 aliphatic rings. The molecule has 1 aromatic carbocycles. The van der Waals surface area contributed by atoms with Gasteiger partial charge in [-0.05, 0) is 48.5 Å². The third-order valence-electron chi connectivity index (χ3n) is 7.55. The van der Waals surface area contributed by atoms with E-state index in [9.17, 15) is 19.2 Å². The lowest BCUT2D eigenvalue weighted by atomic mass is 9.45. The van der Waals surface area contributed by atoms with Gasteiger partial charge in [0.2, 0.25) is 5.54 Å². The first-order valence-corrected chi connectivity index (χ1v) is 11.7. The predicted molar refractivity (Wildman–Crippen MR) is 122 cm³/mol. The van der Waals surface area contributed by atoms with Gasteiger partial charge in [0, 0.05) is 0 Å². The van der Waals surface area contributed by atoms with Crippen LogP contribution in [0.4, 0.5) is 4.79 Å². The topological polar surface area (TPSA) is 134 Å². The van der Waals surface area contributed by atoms with E-state index in [2.05, 4.69) is 19.2 Å². The largest absolute Gasteiger partial charge is 0.464 e. The summed E-state index contributed by atoms with van der Waals surface area (Å²) in [7, 11) is 0. The number of alkyl carbamates (subject to hydrolysis) is 1. The molecule has 9 nitrogen and oxygen atoms in total. The maximum atomic E-state index is 12.9. The highest BCUT2D eigenvalue weighted by molar-refractivity contribution is 6.11. The van der Waals surface area contributed by atoms with E-state index in [1.54, 1.807) is 24.3 Å². The number of ether oxygens (including phenoxy) is 3. The Balaban J connectivity index is 1.70. The second kappa shape index (κ2) is 10.0. The molecule has 2 amide bonds. The van der Waals surface area contributed by atoms with E-state index in [-0.39, 0.29) is 30.7 Å². The number of carbonyl (C=O) groups is 4. The molecule has 9 heteroatoms. The summed E-state index contributed by atoms with van der Waals surface area (Å²) in [4.78, 5) is 50.6. The zero-order valence-electron chi connectivity index (χ0n) is 20.2. The van der Waals surface area contributed by atoms with Gasteiger partial charge in [-0.15, -0.1) is 0 Å². The molecule has 5 atom stereocenters. The van der Waals surface area contributed by atoms with Crippen molar-refractivity contribution in [3.05, 3.63) is 35.9 Å². The Hall–Kier alpha value is -3.10. The van der Waals surface area contributed by atoms with E-state index in [4.69, 9.17) is 19.9 Å². The SMILES string of the molecule is CCOC(=O)C(CC(=O)OC1CC2CC(C1C)C2(C)C)(NC(=O)OCc1ccccc1)C(N)=O. The second-order valence-corrected chi connectivity index (χ2v) is 9.84. The highest BCUT2D eigenvalue weighted by atomic mass is 16.6. The van der Waals surface area contributed by atoms with Gasteiger partial charge in [-0.3, -0.25) is 14.9 Å². The molecule has 0 spiro atoms. The predicted octanol–water partition coefficient (Wildman–Crippen LogP) is 2.70. The first-order valence-electron chi connectivity index (χ1n) is 11.7. The van der Waals surface area contributed by atoms with Crippen LogP contribution >= 0.6 is 0 Å². The van der Waals surface area contributed by atoms with Gasteiger partial charge in [0.05, 0.1) is 13.0 Å². The number of hydrogen-bond acceptors (Lipinski definition) is 7. The van der Waals surface area contributed by atoms with Crippen LogP contribution in [0.5, 0.6) is 0 Å². The van der Waals surface area contributed by atoms with E-state index in [0.717, 1.165) is 6.42 Å². The third kappa shape index (κ3) is 5.03. The molecule has 0 heterocycles. The molecule has 2 bridgehead atoms. The van der Waals surface area contributed by atoms with Crippen molar-refractivity contribution in [2.45, 2.75) is 65.2 Å². The third-order valence-corrected chi connectivity index (χ3v) is 7.55. The Morgan fingerprint density at radius 1 is 1.12 bits per heavy atom. The number of primary amides is 1. The molecular formula is C25H34N2O7. The summed E-state index contributed by atoms with van der Waals surface area (Å²) in [5, 5.41) is 2.18. The van der Waals surface area contributed by atoms with Crippen LogP contribution in [0.1, 0.15) is 52.5 Å². The van der Waals surface area contributed by atoms with Crippen LogP contribution in [-0.4, -0.2) is 42.2 Å². The van der Waals surface area contributed by atoms with Crippen LogP contribution in [0.2, 0.25) is 0 Å². The Morgan fingerprint density at radius 3 is 2.35 bits per heavy atom. The molecule has 3 aliphatic carbocycles. The van der Waals surface area contributed by atoms with Gasteiger partial charge in [-0.1, -0.05) is 51.1 Å². The highest BCUT2D eigenvalue weighted by Crippen LogP contribution is 2.61. The molecule has 3 saturated carbocycles. The van der Waals surface area contributed by atoms with E-state index in [0.29, 0.717) is 23.8 Å². The zero-order valence-corrected chi connectivity index (χ0v) is 20.2. The minimum atomic E-state index is -2.44. The van der Waals surface area contributed by atoms with Crippen molar-refractivity contribution < 1.29 is 33.4 Å². The smallest absolute Gasteiger partial charge is 0.408 e. The van der Waals surface area contributed by atoms with Gasteiger partial charge >= 0.3 is 18.0 Å². The van der Waals surface area contributed by atoms with Gasteiger partial charge < -0.3 is 19.9 Å². The molecular weight excluding hydrogens is 440 g/mol. The van der Waals surface area contributed by atoms with E-state index < -0.39 is 35.9 Å². The summed E-state index contributed by atoms with van der Waals surface area (Å²) in [6.07, 6.45) is -0.389. The summed E-state index contributed by atoms with van der Waals surface area (Å²) in [6.45, 7) is 7.85. The van der Waals surface area contributed by atoms with Crippen LogP contribution < -0.4 is 11.1 Å². The molecule has 0 aliphatic heterocycles. The van der Waals surface area contributed by atoms with E-state index >= 15 is 0 Å². The maximum Gasteiger partial charge on any atom is 0.408 e. The lowest BCUT2D eigenvalue weighted by Gasteiger charge is -2.61. The van der Waals surface area contributed by atoms with Crippen molar-refractivity contribution in [1.82, 2.24) is 5.32 Å². The normalized spacial score (nSPS) is 26.2. The van der Waals surface area contributed by atoms with Crippen molar-refractivity contribution in [2.24, 2.45) is 28.9 Å². The quantitative estimate of drug-likeness (QED) is 0.319. The van der Waals surface area contributed by atoms with Gasteiger partial charge in [-0.25, -0.2) is 9.59 Å². The van der Waals surface area contributed by atoms with Crippen LogP contribution in [0, 0.1) is 23.2 Å². The number of esters is 2. The number of carbonyl (C=O) groups excluding carboxylic acids is 4. The molecule has 5 unspecified atom stereocenters. The minimum Gasteiger partial charge on any atom is -0.464 e. The van der Waals surface area contributed by atoms with Crippen LogP contribution in [0.25, 0.3) is 0 Å². The standard InChI is InChI=1S/C25H34N2O7/c1-5-32-22(30)25(21(26)29,27-23(31)33-14-16-9-7-6-8-10-16)13-20(28)34-19-12-17-11-18(15(19)2)24(17,3)4/h6-10,15,17-19H,5,11-14H2,1-4H3,(H2,26,29)(H,27,31). The monoisotopic (exact) mass is 474 g/mol. The molecule has 0 radical (unpaired) electrons. The first-order chi connectivity index (χ1) is 16.0. The molecule has 4 rings (SSSR count). The van der Waals surface area contributed by atoms with Crippen molar-refractivity contribution >= 4 is 23.9 Å². The molecule has 0 aromatic heterocycles. The lowest BCUT2D eigenvalue weighted by Crippen LogP contribution is -2.64.